The molecular formula is C16H31ClO6. The van der Waals surface area contributed by atoms with Crippen molar-refractivity contribution in [2.75, 3.05) is 45.5 Å². The van der Waals surface area contributed by atoms with Crippen LogP contribution in [0.15, 0.2) is 0 Å². The molecule has 2 rings (SSSR count). The lowest BCUT2D eigenvalue weighted by Crippen LogP contribution is -2.31. The Morgan fingerprint density at radius 2 is 1.91 bits per heavy atom. The normalized spacial score (nSPS) is 26.0. The van der Waals surface area contributed by atoms with Crippen molar-refractivity contribution in [3.05, 3.63) is 0 Å². The molecule has 0 bridgehead atoms. The molecule has 0 spiro atoms. The highest BCUT2D eigenvalue weighted by Crippen LogP contribution is 2.31. The van der Waals surface area contributed by atoms with Crippen LogP contribution in [-0.4, -0.2) is 79.2 Å². The molecule has 2 aliphatic rings. The molecule has 2 saturated heterocycles. The van der Waals surface area contributed by atoms with Crippen LogP contribution in [0.5, 0.6) is 0 Å². The number of rotatable bonds is 12. The number of ether oxygens (including phenoxy) is 3. The fraction of sp³-hybridized carbons (Fsp3) is 1.00. The molecule has 0 radical (unpaired) electrons. The van der Waals surface area contributed by atoms with Crippen molar-refractivity contribution in [3.8, 4) is 0 Å². The predicted octanol–water partition coefficient (Wildman–Crippen LogP) is 0.938. The second-order valence-electron chi connectivity index (χ2n) is 6.32. The van der Waals surface area contributed by atoms with Crippen LogP contribution >= 0.6 is 11.6 Å². The zero-order chi connectivity index (χ0) is 17.1. The summed E-state index contributed by atoms with van der Waals surface area (Å²) >= 11 is 5.04. The zero-order valence-corrected chi connectivity index (χ0v) is 14.7. The molecule has 4 atom stereocenters. The molecule has 4 unspecified atom stereocenters. The summed E-state index contributed by atoms with van der Waals surface area (Å²) in [6.07, 6.45) is 4.26. The molecule has 0 saturated carbocycles. The van der Waals surface area contributed by atoms with E-state index in [-0.39, 0.29) is 24.5 Å². The summed E-state index contributed by atoms with van der Waals surface area (Å²) in [7, 11) is 0. The molecule has 0 amide bonds. The molecule has 7 heteroatoms. The van der Waals surface area contributed by atoms with E-state index in [1.54, 1.807) is 0 Å². The molecule has 138 valence electrons. The number of aliphatic hydroxyl groups is 3. The Kier molecular flexibility index (Phi) is 10.6. The van der Waals surface area contributed by atoms with Crippen LogP contribution in [0.4, 0.5) is 0 Å². The Labute approximate surface area is 143 Å². The minimum atomic E-state index is -0.744. The summed E-state index contributed by atoms with van der Waals surface area (Å²) in [5.74, 6) is 0.108. The fourth-order valence-electron chi connectivity index (χ4n) is 2.15. The van der Waals surface area contributed by atoms with Crippen LogP contribution in [0.1, 0.15) is 32.6 Å². The van der Waals surface area contributed by atoms with Gasteiger partial charge in [-0.3, -0.25) is 0 Å². The highest BCUT2D eigenvalue weighted by Gasteiger charge is 2.31. The maximum atomic E-state index is 9.60. The molecule has 0 aliphatic carbocycles. The Morgan fingerprint density at radius 3 is 2.30 bits per heavy atom. The minimum absolute atomic E-state index is 0.0657. The Balaban J connectivity index is 0.000000379. The molecule has 2 aliphatic heterocycles. The van der Waals surface area contributed by atoms with Gasteiger partial charge in [0.15, 0.2) is 0 Å². The standard InChI is InChI=1S/C13H24O4.C3H7ClO2/c1-2-13(9-14,5-3-4-11-7-16-11)10-15-6-12-8-17-12;4-1-3(6)2-5/h11-12,14H,2-10H2,1H3;3,5-6H,1-2H2. The smallest absolute Gasteiger partial charge is 0.104 e. The largest absolute Gasteiger partial charge is 0.396 e. The molecule has 3 N–H and O–H groups in total. The number of alkyl halides is 1. The highest BCUT2D eigenvalue weighted by atomic mass is 35.5. The molecular weight excluding hydrogens is 324 g/mol. The number of epoxide rings is 2. The first-order valence-electron chi connectivity index (χ1n) is 8.35. The molecule has 2 fully saturated rings. The van der Waals surface area contributed by atoms with Crippen molar-refractivity contribution < 1.29 is 29.5 Å². The van der Waals surface area contributed by atoms with E-state index < -0.39 is 6.10 Å². The van der Waals surface area contributed by atoms with E-state index in [4.69, 9.17) is 36.0 Å². The summed E-state index contributed by atoms with van der Waals surface area (Å²) in [4.78, 5) is 0. The number of hydrogen-bond donors (Lipinski definition) is 3. The van der Waals surface area contributed by atoms with Crippen molar-refractivity contribution in [1.82, 2.24) is 0 Å². The van der Waals surface area contributed by atoms with Crippen LogP contribution in [0.25, 0.3) is 0 Å². The second-order valence-corrected chi connectivity index (χ2v) is 6.63. The van der Waals surface area contributed by atoms with Crippen molar-refractivity contribution in [2.45, 2.75) is 50.9 Å². The van der Waals surface area contributed by atoms with Gasteiger partial charge >= 0.3 is 0 Å². The maximum absolute atomic E-state index is 9.60. The summed E-state index contributed by atoms with van der Waals surface area (Å²) in [6.45, 7) is 5.16. The van der Waals surface area contributed by atoms with Crippen LogP contribution in [-0.2, 0) is 14.2 Å². The van der Waals surface area contributed by atoms with Gasteiger partial charge in [0.05, 0.1) is 57.7 Å². The first kappa shape index (κ1) is 21.1. The van der Waals surface area contributed by atoms with Crippen LogP contribution in [0.3, 0.4) is 0 Å². The lowest BCUT2D eigenvalue weighted by molar-refractivity contribution is -0.00777. The van der Waals surface area contributed by atoms with Gasteiger partial charge in [0.2, 0.25) is 0 Å². The molecule has 0 aromatic carbocycles. The number of aliphatic hydroxyl groups excluding tert-OH is 3. The van der Waals surface area contributed by atoms with Gasteiger partial charge in [-0.25, -0.2) is 0 Å². The third-order valence-electron chi connectivity index (χ3n) is 4.22. The summed E-state index contributed by atoms with van der Waals surface area (Å²) < 4.78 is 16.0. The van der Waals surface area contributed by atoms with E-state index in [1.165, 1.54) is 0 Å². The van der Waals surface area contributed by atoms with Gasteiger partial charge in [-0.15, -0.1) is 11.6 Å². The monoisotopic (exact) mass is 354 g/mol. The van der Waals surface area contributed by atoms with E-state index in [0.29, 0.717) is 25.4 Å². The van der Waals surface area contributed by atoms with Gasteiger partial charge in [0, 0.05) is 5.41 Å². The van der Waals surface area contributed by atoms with Crippen LogP contribution < -0.4 is 0 Å². The minimum Gasteiger partial charge on any atom is -0.396 e. The van der Waals surface area contributed by atoms with Gasteiger partial charge in [-0.1, -0.05) is 13.3 Å². The Hall–Kier alpha value is 0.0500. The van der Waals surface area contributed by atoms with E-state index in [0.717, 1.165) is 38.9 Å². The van der Waals surface area contributed by atoms with Gasteiger partial charge in [0.1, 0.15) is 6.10 Å². The van der Waals surface area contributed by atoms with Gasteiger partial charge in [-0.05, 0) is 19.3 Å². The summed E-state index contributed by atoms with van der Waals surface area (Å²) in [5, 5.41) is 25.9. The molecule has 0 aromatic rings. The van der Waals surface area contributed by atoms with E-state index >= 15 is 0 Å². The van der Waals surface area contributed by atoms with E-state index in [9.17, 15) is 5.11 Å². The van der Waals surface area contributed by atoms with Crippen LogP contribution in [0, 0.1) is 5.41 Å². The van der Waals surface area contributed by atoms with Crippen molar-refractivity contribution in [1.29, 1.82) is 0 Å². The molecule has 6 nitrogen and oxygen atoms in total. The third-order valence-corrected chi connectivity index (χ3v) is 4.58. The Bertz CT molecular complexity index is 268. The summed E-state index contributed by atoms with van der Waals surface area (Å²) in [6, 6.07) is 0. The van der Waals surface area contributed by atoms with Crippen LogP contribution in [0.2, 0.25) is 0 Å². The zero-order valence-electron chi connectivity index (χ0n) is 14.0. The van der Waals surface area contributed by atoms with E-state index in [1.807, 2.05) is 0 Å². The number of hydrogen-bond acceptors (Lipinski definition) is 6. The van der Waals surface area contributed by atoms with Crippen molar-refractivity contribution in [2.24, 2.45) is 5.41 Å². The average molecular weight is 355 g/mol. The molecule has 0 aromatic heterocycles. The predicted molar refractivity (Wildman–Crippen MR) is 87.8 cm³/mol. The third kappa shape index (κ3) is 9.82. The quantitative estimate of drug-likeness (QED) is 0.356. The lowest BCUT2D eigenvalue weighted by Gasteiger charge is -2.30. The van der Waals surface area contributed by atoms with Crippen molar-refractivity contribution >= 4 is 11.6 Å². The highest BCUT2D eigenvalue weighted by molar-refractivity contribution is 6.18. The average Bonchev–Trinajstić information content (AvgIpc) is 3.48. The Morgan fingerprint density at radius 1 is 1.26 bits per heavy atom. The van der Waals surface area contributed by atoms with E-state index in [2.05, 4.69) is 6.92 Å². The number of halogens is 1. The fourth-order valence-corrected chi connectivity index (χ4v) is 2.24. The topological polar surface area (TPSA) is 95.0 Å². The molecule has 23 heavy (non-hydrogen) atoms. The van der Waals surface area contributed by atoms with Gasteiger partial charge < -0.3 is 29.5 Å². The summed E-state index contributed by atoms with van der Waals surface area (Å²) in [5.41, 5.74) is -0.0657. The van der Waals surface area contributed by atoms with Crippen molar-refractivity contribution in [3.63, 3.8) is 0 Å². The lowest BCUT2D eigenvalue weighted by atomic mass is 9.81. The second kappa shape index (κ2) is 11.6. The maximum Gasteiger partial charge on any atom is 0.104 e. The SMILES string of the molecule is CCC(CO)(CCCC1CO1)COCC1CO1.OCC(O)CCl. The molecule has 2 heterocycles. The van der Waals surface area contributed by atoms with Gasteiger partial charge in [0.25, 0.3) is 0 Å². The van der Waals surface area contributed by atoms with Gasteiger partial charge in [-0.2, -0.15) is 0 Å². The first-order valence-corrected chi connectivity index (χ1v) is 8.89. The first-order chi connectivity index (χ1) is 11.1.